The molecule has 0 saturated heterocycles. The van der Waals surface area contributed by atoms with E-state index in [0.29, 0.717) is 17.5 Å². The predicted molar refractivity (Wildman–Crippen MR) is 105 cm³/mol. The molecule has 1 aliphatic heterocycles. The van der Waals surface area contributed by atoms with Crippen molar-refractivity contribution in [3.63, 3.8) is 0 Å². The molecule has 0 bridgehead atoms. The number of hydrogen-bond acceptors (Lipinski definition) is 6. The van der Waals surface area contributed by atoms with Gasteiger partial charge in [-0.2, -0.15) is 0 Å². The molecule has 0 fully saturated rings. The number of para-hydroxylation sites is 1. The molecule has 2 N–H and O–H groups in total. The number of benzene rings is 2. The molecule has 4 rings (SSSR count). The molecule has 0 spiro atoms. The fourth-order valence-electron chi connectivity index (χ4n) is 3.11. The van der Waals surface area contributed by atoms with E-state index in [4.69, 9.17) is 10.6 Å². The van der Waals surface area contributed by atoms with Crippen LogP contribution in [-0.2, 0) is 11.2 Å². The summed E-state index contributed by atoms with van der Waals surface area (Å²) in [6.45, 7) is 0.713. The van der Waals surface area contributed by atoms with Gasteiger partial charge in [0.1, 0.15) is 5.75 Å². The standard InChI is InChI=1S/C19H19N5O2S/c1-26-15-8-6-14(7-9-15)18-21-22-19(24(18)20)27-12-17(25)23-11-10-13-4-2-3-5-16(13)23/h2-9H,10-12,20H2,1H3. The number of rotatable bonds is 5. The molecule has 2 aromatic carbocycles. The highest BCUT2D eigenvalue weighted by Crippen LogP contribution is 2.29. The quantitative estimate of drug-likeness (QED) is 0.539. The summed E-state index contributed by atoms with van der Waals surface area (Å²) in [6, 6.07) is 15.4. The molecule has 1 aromatic heterocycles. The van der Waals surface area contributed by atoms with Crippen LogP contribution in [0.2, 0.25) is 0 Å². The normalized spacial score (nSPS) is 12.9. The molecule has 0 atom stereocenters. The summed E-state index contributed by atoms with van der Waals surface area (Å²) in [4.78, 5) is 14.5. The van der Waals surface area contributed by atoms with Gasteiger partial charge in [-0.05, 0) is 42.3 Å². The lowest BCUT2D eigenvalue weighted by Gasteiger charge is -2.16. The summed E-state index contributed by atoms with van der Waals surface area (Å²) in [6.07, 6.45) is 0.890. The number of amides is 1. The molecular weight excluding hydrogens is 362 g/mol. The number of aromatic nitrogens is 3. The van der Waals surface area contributed by atoms with Gasteiger partial charge in [-0.25, -0.2) is 4.68 Å². The highest BCUT2D eigenvalue weighted by Gasteiger charge is 2.24. The van der Waals surface area contributed by atoms with E-state index in [1.54, 1.807) is 7.11 Å². The second kappa shape index (κ2) is 7.32. The molecular formula is C19H19N5O2S. The summed E-state index contributed by atoms with van der Waals surface area (Å²) in [5.74, 6) is 7.73. The van der Waals surface area contributed by atoms with Crippen LogP contribution < -0.4 is 15.5 Å². The molecule has 2 heterocycles. The summed E-state index contributed by atoms with van der Waals surface area (Å²) in [5, 5.41) is 8.78. The number of carbonyl (C=O) groups excluding carboxylic acids is 1. The van der Waals surface area contributed by atoms with Crippen molar-refractivity contribution in [2.24, 2.45) is 0 Å². The molecule has 0 unspecified atom stereocenters. The minimum Gasteiger partial charge on any atom is -0.497 e. The Balaban J connectivity index is 1.45. The summed E-state index contributed by atoms with van der Waals surface area (Å²) in [7, 11) is 1.62. The van der Waals surface area contributed by atoms with E-state index in [-0.39, 0.29) is 11.7 Å². The molecule has 27 heavy (non-hydrogen) atoms. The lowest BCUT2D eigenvalue weighted by molar-refractivity contribution is -0.116. The summed E-state index contributed by atoms with van der Waals surface area (Å²) < 4.78 is 6.57. The number of nitrogens with two attached hydrogens (primary N) is 1. The van der Waals surface area contributed by atoms with Crippen molar-refractivity contribution in [2.45, 2.75) is 11.6 Å². The van der Waals surface area contributed by atoms with Crippen molar-refractivity contribution in [3.05, 3.63) is 54.1 Å². The molecule has 0 aliphatic carbocycles. The Labute approximate surface area is 161 Å². The first-order valence-electron chi connectivity index (χ1n) is 8.53. The van der Waals surface area contributed by atoms with Crippen LogP contribution in [0.5, 0.6) is 5.75 Å². The van der Waals surface area contributed by atoms with Gasteiger partial charge < -0.3 is 15.5 Å². The fourth-order valence-corrected chi connectivity index (χ4v) is 3.85. The minimum absolute atomic E-state index is 0.0407. The second-order valence-electron chi connectivity index (χ2n) is 6.12. The SMILES string of the molecule is COc1ccc(-c2nnc(SCC(=O)N3CCc4ccccc43)n2N)cc1. The number of fused-ring (bicyclic) bond motifs is 1. The molecule has 8 heteroatoms. The molecule has 0 radical (unpaired) electrons. The van der Waals surface area contributed by atoms with Gasteiger partial charge in [-0.3, -0.25) is 4.79 Å². The second-order valence-corrected chi connectivity index (χ2v) is 7.06. The Bertz CT molecular complexity index is 970. The number of anilines is 1. The molecule has 7 nitrogen and oxygen atoms in total. The first kappa shape index (κ1) is 17.4. The molecule has 3 aromatic rings. The van der Waals surface area contributed by atoms with Crippen LogP contribution in [0.25, 0.3) is 11.4 Å². The first-order chi connectivity index (χ1) is 13.2. The highest BCUT2D eigenvalue weighted by atomic mass is 32.2. The van der Waals surface area contributed by atoms with Gasteiger partial charge in [-0.1, -0.05) is 30.0 Å². The van der Waals surface area contributed by atoms with Gasteiger partial charge in [0.25, 0.3) is 0 Å². The first-order valence-corrected chi connectivity index (χ1v) is 9.52. The lowest BCUT2D eigenvalue weighted by atomic mass is 10.2. The van der Waals surface area contributed by atoms with Crippen LogP contribution in [0.3, 0.4) is 0 Å². The third-order valence-electron chi connectivity index (χ3n) is 4.53. The zero-order chi connectivity index (χ0) is 18.8. The molecule has 1 amide bonds. The summed E-state index contributed by atoms with van der Waals surface area (Å²) >= 11 is 1.29. The Morgan fingerprint density at radius 2 is 1.96 bits per heavy atom. The van der Waals surface area contributed by atoms with E-state index in [1.807, 2.05) is 47.4 Å². The highest BCUT2D eigenvalue weighted by molar-refractivity contribution is 7.99. The monoisotopic (exact) mass is 381 g/mol. The van der Waals surface area contributed by atoms with Gasteiger partial charge >= 0.3 is 0 Å². The Hall–Kier alpha value is -3.00. The van der Waals surface area contributed by atoms with E-state index in [0.717, 1.165) is 23.4 Å². The number of carbonyl (C=O) groups is 1. The minimum atomic E-state index is 0.0407. The molecule has 1 aliphatic rings. The fraction of sp³-hybridized carbons (Fsp3) is 0.211. The van der Waals surface area contributed by atoms with Gasteiger partial charge in [0.15, 0.2) is 5.82 Å². The smallest absolute Gasteiger partial charge is 0.237 e. The van der Waals surface area contributed by atoms with Crippen LogP contribution in [0.1, 0.15) is 5.56 Å². The van der Waals surface area contributed by atoms with Crippen molar-refractivity contribution in [1.29, 1.82) is 0 Å². The molecule has 0 saturated carbocycles. The maximum absolute atomic E-state index is 12.6. The van der Waals surface area contributed by atoms with Crippen molar-refractivity contribution < 1.29 is 9.53 Å². The van der Waals surface area contributed by atoms with E-state index in [9.17, 15) is 4.79 Å². The van der Waals surface area contributed by atoms with Crippen LogP contribution >= 0.6 is 11.8 Å². The zero-order valence-electron chi connectivity index (χ0n) is 14.8. The number of hydrogen-bond donors (Lipinski definition) is 1. The van der Waals surface area contributed by atoms with Crippen molar-refractivity contribution in [2.75, 3.05) is 30.1 Å². The number of methoxy groups -OCH3 is 1. The van der Waals surface area contributed by atoms with Crippen molar-refractivity contribution >= 4 is 23.4 Å². The van der Waals surface area contributed by atoms with Gasteiger partial charge in [0.2, 0.25) is 11.1 Å². The largest absolute Gasteiger partial charge is 0.497 e. The number of nitrogens with zero attached hydrogens (tertiary/aromatic N) is 4. The average molecular weight is 381 g/mol. The van der Waals surface area contributed by atoms with Gasteiger partial charge in [0.05, 0.1) is 12.9 Å². The van der Waals surface area contributed by atoms with Crippen LogP contribution in [0.15, 0.2) is 53.7 Å². The maximum Gasteiger partial charge on any atom is 0.237 e. The van der Waals surface area contributed by atoms with Crippen molar-refractivity contribution in [1.82, 2.24) is 14.9 Å². The number of ether oxygens (including phenoxy) is 1. The lowest BCUT2D eigenvalue weighted by Crippen LogP contribution is -2.30. The van der Waals surface area contributed by atoms with Crippen LogP contribution in [-0.4, -0.2) is 40.2 Å². The third-order valence-corrected chi connectivity index (χ3v) is 5.45. The Kier molecular flexibility index (Phi) is 4.72. The third kappa shape index (κ3) is 3.35. The van der Waals surface area contributed by atoms with Gasteiger partial charge in [-0.15, -0.1) is 10.2 Å². The Morgan fingerprint density at radius 3 is 2.74 bits per heavy atom. The van der Waals surface area contributed by atoms with Crippen LogP contribution in [0.4, 0.5) is 5.69 Å². The van der Waals surface area contributed by atoms with E-state index in [2.05, 4.69) is 16.3 Å². The van der Waals surface area contributed by atoms with E-state index in [1.165, 1.54) is 22.0 Å². The predicted octanol–water partition coefficient (Wildman–Crippen LogP) is 2.35. The topological polar surface area (TPSA) is 86.3 Å². The maximum atomic E-state index is 12.6. The average Bonchev–Trinajstić information content (AvgIpc) is 3.30. The van der Waals surface area contributed by atoms with Crippen molar-refractivity contribution in [3.8, 4) is 17.1 Å². The summed E-state index contributed by atoms with van der Waals surface area (Å²) in [5.41, 5.74) is 3.04. The zero-order valence-corrected chi connectivity index (χ0v) is 15.6. The van der Waals surface area contributed by atoms with Gasteiger partial charge in [0, 0.05) is 17.8 Å². The number of thioether (sulfide) groups is 1. The Morgan fingerprint density at radius 1 is 1.19 bits per heavy atom. The van der Waals surface area contributed by atoms with E-state index < -0.39 is 0 Å². The number of nitrogen functional groups attached to an aromatic ring is 1. The van der Waals surface area contributed by atoms with E-state index >= 15 is 0 Å². The van der Waals surface area contributed by atoms with Crippen LogP contribution in [0, 0.1) is 0 Å². The molecule has 138 valence electrons.